The number of nitrogens with one attached hydrogen (secondary N) is 1. The van der Waals surface area contributed by atoms with Gasteiger partial charge < -0.3 is 4.90 Å². The largest absolute Gasteiger partial charge is 0.351 e. The first-order valence-electron chi connectivity index (χ1n) is 6.57. The molecule has 6 heteroatoms. The predicted molar refractivity (Wildman–Crippen MR) is 73.9 cm³/mol. The van der Waals surface area contributed by atoms with Crippen molar-refractivity contribution in [1.82, 2.24) is 20.2 Å². The van der Waals surface area contributed by atoms with Crippen molar-refractivity contribution in [3.05, 3.63) is 35.5 Å². The molecule has 2 aromatic rings. The first kappa shape index (κ1) is 12.6. The molecular formula is C14H16N6. The van der Waals surface area contributed by atoms with E-state index >= 15 is 0 Å². The van der Waals surface area contributed by atoms with Crippen LogP contribution in [-0.4, -0.2) is 26.7 Å². The minimum Gasteiger partial charge on any atom is -0.351 e. The molecule has 0 aromatic carbocycles. The van der Waals surface area contributed by atoms with Crippen LogP contribution in [0, 0.1) is 16.7 Å². The normalized spacial score (nSPS) is 17.1. The zero-order valence-electron chi connectivity index (χ0n) is 11.6. The Kier molecular flexibility index (Phi) is 2.90. The number of hydrogen-bond acceptors (Lipinski definition) is 5. The van der Waals surface area contributed by atoms with Gasteiger partial charge >= 0.3 is 0 Å². The molecule has 0 unspecified atom stereocenters. The van der Waals surface area contributed by atoms with E-state index in [2.05, 4.69) is 38.9 Å². The molecule has 0 atom stereocenters. The zero-order valence-corrected chi connectivity index (χ0v) is 11.6. The van der Waals surface area contributed by atoms with Gasteiger partial charge in [-0.3, -0.25) is 5.10 Å². The fourth-order valence-electron chi connectivity index (χ4n) is 2.68. The lowest BCUT2D eigenvalue weighted by Gasteiger charge is -2.30. The lowest BCUT2D eigenvalue weighted by atomic mass is 9.88. The summed E-state index contributed by atoms with van der Waals surface area (Å²) in [7, 11) is 0. The molecule has 0 saturated carbocycles. The van der Waals surface area contributed by atoms with Crippen molar-refractivity contribution in [2.75, 3.05) is 11.4 Å². The van der Waals surface area contributed by atoms with Gasteiger partial charge in [0.05, 0.1) is 6.20 Å². The van der Waals surface area contributed by atoms with Crippen LogP contribution in [-0.2, 0) is 13.0 Å². The van der Waals surface area contributed by atoms with Gasteiger partial charge in [-0.15, -0.1) is 0 Å². The van der Waals surface area contributed by atoms with E-state index in [0.717, 1.165) is 25.3 Å². The van der Waals surface area contributed by atoms with Gasteiger partial charge in [0.25, 0.3) is 0 Å². The molecule has 1 aliphatic heterocycles. The van der Waals surface area contributed by atoms with Crippen LogP contribution in [0.5, 0.6) is 0 Å². The second kappa shape index (κ2) is 4.60. The summed E-state index contributed by atoms with van der Waals surface area (Å²) < 4.78 is 0. The lowest BCUT2D eigenvalue weighted by Crippen LogP contribution is -2.33. The Morgan fingerprint density at radius 2 is 2.30 bits per heavy atom. The molecule has 3 heterocycles. The third-order valence-corrected chi connectivity index (χ3v) is 3.51. The minimum absolute atomic E-state index is 0.107. The van der Waals surface area contributed by atoms with Crippen molar-refractivity contribution in [1.29, 1.82) is 5.26 Å². The number of fused-ring (bicyclic) bond motifs is 1. The maximum atomic E-state index is 8.93. The molecule has 0 bridgehead atoms. The maximum absolute atomic E-state index is 8.93. The summed E-state index contributed by atoms with van der Waals surface area (Å²) in [5.74, 6) is 0.996. The summed E-state index contributed by atoms with van der Waals surface area (Å²) in [5, 5.41) is 16.2. The lowest BCUT2D eigenvalue weighted by molar-refractivity contribution is 0.366. The van der Waals surface area contributed by atoms with Crippen LogP contribution in [0.15, 0.2) is 18.5 Å². The molecule has 0 fully saturated rings. The smallest absolute Gasteiger partial charge is 0.234 e. The van der Waals surface area contributed by atoms with Crippen LogP contribution >= 0.6 is 0 Å². The van der Waals surface area contributed by atoms with E-state index in [1.807, 2.05) is 18.3 Å². The van der Waals surface area contributed by atoms with Crippen LogP contribution in [0.2, 0.25) is 0 Å². The summed E-state index contributed by atoms with van der Waals surface area (Å²) >= 11 is 0. The number of H-pyrrole nitrogens is 1. The van der Waals surface area contributed by atoms with Gasteiger partial charge in [-0.25, -0.2) is 9.97 Å². The van der Waals surface area contributed by atoms with Crippen LogP contribution in [0.4, 0.5) is 5.82 Å². The highest BCUT2D eigenvalue weighted by Gasteiger charge is 2.29. The minimum atomic E-state index is 0.107. The van der Waals surface area contributed by atoms with E-state index in [9.17, 15) is 0 Å². The zero-order chi connectivity index (χ0) is 14.2. The van der Waals surface area contributed by atoms with Gasteiger partial charge in [0.1, 0.15) is 11.9 Å². The SMILES string of the molecule is CC1(C)Cc2[nH]ncc2CN(c2ccnc(C#N)n2)C1. The van der Waals surface area contributed by atoms with Gasteiger partial charge in [-0.1, -0.05) is 13.8 Å². The summed E-state index contributed by atoms with van der Waals surface area (Å²) in [6.07, 6.45) is 4.46. The number of hydrogen-bond donors (Lipinski definition) is 1. The van der Waals surface area contributed by atoms with Gasteiger partial charge in [-0.2, -0.15) is 10.4 Å². The molecule has 0 aliphatic carbocycles. The number of nitrogens with zero attached hydrogens (tertiary/aromatic N) is 5. The third kappa shape index (κ3) is 2.35. The number of aromatic nitrogens is 4. The number of anilines is 1. The van der Waals surface area contributed by atoms with Crippen LogP contribution in [0.3, 0.4) is 0 Å². The van der Waals surface area contributed by atoms with E-state index in [-0.39, 0.29) is 11.2 Å². The Hall–Kier alpha value is -2.42. The first-order chi connectivity index (χ1) is 9.57. The van der Waals surface area contributed by atoms with Crippen LogP contribution in [0.1, 0.15) is 30.9 Å². The Balaban J connectivity index is 1.99. The molecular weight excluding hydrogens is 252 g/mol. The Morgan fingerprint density at radius 3 is 3.10 bits per heavy atom. The average Bonchev–Trinajstić information content (AvgIpc) is 2.79. The summed E-state index contributed by atoms with van der Waals surface area (Å²) in [6.45, 7) is 6.07. The van der Waals surface area contributed by atoms with Gasteiger partial charge in [0.15, 0.2) is 0 Å². The summed E-state index contributed by atoms with van der Waals surface area (Å²) in [4.78, 5) is 10.4. The summed E-state index contributed by atoms with van der Waals surface area (Å²) in [6, 6.07) is 3.84. The fourth-order valence-corrected chi connectivity index (χ4v) is 2.68. The van der Waals surface area contributed by atoms with Crippen molar-refractivity contribution < 1.29 is 0 Å². The Bertz CT molecular complexity index is 666. The highest BCUT2D eigenvalue weighted by atomic mass is 15.2. The third-order valence-electron chi connectivity index (χ3n) is 3.51. The summed E-state index contributed by atoms with van der Waals surface area (Å²) in [5.41, 5.74) is 2.48. The number of rotatable bonds is 1. The molecule has 6 nitrogen and oxygen atoms in total. The molecule has 3 rings (SSSR count). The quantitative estimate of drug-likeness (QED) is 0.850. The Labute approximate surface area is 117 Å². The standard InChI is InChI=1S/C14H16N6/c1-14(2)5-11-10(7-17-19-11)8-20(9-14)13-3-4-16-12(6-15)18-13/h3-4,7H,5,8-9H2,1-2H3,(H,17,19). The van der Waals surface area contributed by atoms with E-state index in [1.165, 1.54) is 11.3 Å². The van der Waals surface area contributed by atoms with Gasteiger partial charge in [0.2, 0.25) is 5.82 Å². The van der Waals surface area contributed by atoms with Crippen LogP contribution in [0.25, 0.3) is 0 Å². The number of aromatic amines is 1. The first-order valence-corrected chi connectivity index (χ1v) is 6.57. The van der Waals surface area contributed by atoms with Crippen molar-refractivity contribution >= 4 is 5.82 Å². The molecule has 1 N–H and O–H groups in total. The van der Waals surface area contributed by atoms with E-state index < -0.39 is 0 Å². The highest BCUT2D eigenvalue weighted by Crippen LogP contribution is 2.31. The molecule has 0 saturated heterocycles. The topological polar surface area (TPSA) is 81.5 Å². The average molecular weight is 268 g/mol. The van der Waals surface area contributed by atoms with Gasteiger partial charge in [-0.05, 0) is 17.9 Å². The molecule has 0 spiro atoms. The van der Waals surface area contributed by atoms with Crippen molar-refractivity contribution in [2.45, 2.75) is 26.8 Å². The molecule has 0 amide bonds. The monoisotopic (exact) mass is 268 g/mol. The van der Waals surface area contributed by atoms with E-state index in [4.69, 9.17) is 5.26 Å². The second-order valence-corrected chi connectivity index (χ2v) is 5.92. The molecule has 2 aromatic heterocycles. The molecule has 20 heavy (non-hydrogen) atoms. The maximum Gasteiger partial charge on any atom is 0.234 e. The van der Waals surface area contributed by atoms with E-state index in [0.29, 0.717) is 0 Å². The van der Waals surface area contributed by atoms with Crippen molar-refractivity contribution in [3.63, 3.8) is 0 Å². The van der Waals surface area contributed by atoms with E-state index in [1.54, 1.807) is 6.20 Å². The number of nitriles is 1. The van der Waals surface area contributed by atoms with Crippen LogP contribution < -0.4 is 4.90 Å². The molecule has 0 radical (unpaired) electrons. The predicted octanol–water partition coefficient (Wildman–Crippen LogP) is 1.66. The molecule has 102 valence electrons. The van der Waals surface area contributed by atoms with Gasteiger partial charge in [0, 0.05) is 30.5 Å². The highest BCUT2D eigenvalue weighted by molar-refractivity contribution is 5.42. The second-order valence-electron chi connectivity index (χ2n) is 5.92. The fraction of sp³-hybridized carbons (Fsp3) is 0.429. The van der Waals surface area contributed by atoms with Crippen molar-refractivity contribution in [2.24, 2.45) is 5.41 Å². The van der Waals surface area contributed by atoms with Crippen molar-refractivity contribution in [3.8, 4) is 6.07 Å². The Morgan fingerprint density at radius 1 is 1.45 bits per heavy atom. The molecule has 1 aliphatic rings.